The molecule has 2 heterocycles. The summed E-state index contributed by atoms with van der Waals surface area (Å²) in [5.41, 5.74) is -1.15. The summed E-state index contributed by atoms with van der Waals surface area (Å²) in [7, 11) is 0. The SMILES string of the molecule is CC1(CC(=O)O)Oc2ccccc2N(c2nc3c(F)c(Cl)ccc3s2)C1=O. The van der Waals surface area contributed by atoms with Crippen molar-refractivity contribution in [2.75, 3.05) is 4.90 Å². The van der Waals surface area contributed by atoms with Crippen LogP contribution >= 0.6 is 22.9 Å². The molecule has 1 atom stereocenters. The van der Waals surface area contributed by atoms with E-state index in [2.05, 4.69) is 4.98 Å². The average Bonchev–Trinajstić information content (AvgIpc) is 3.03. The normalized spacial score (nSPS) is 19.1. The molecule has 0 bridgehead atoms. The molecule has 27 heavy (non-hydrogen) atoms. The number of anilines is 2. The van der Waals surface area contributed by atoms with Gasteiger partial charge in [-0.05, 0) is 31.2 Å². The number of aliphatic carboxylic acids is 1. The van der Waals surface area contributed by atoms with Gasteiger partial charge in [-0.3, -0.25) is 9.59 Å². The molecule has 1 aromatic heterocycles. The van der Waals surface area contributed by atoms with Gasteiger partial charge in [-0.25, -0.2) is 14.3 Å². The Labute approximate surface area is 161 Å². The van der Waals surface area contributed by atoms with Gasteiger partial charge in [0.25, 0.3) is 5.91 Å². The Hall–Kier alpha value is -2.71. The first-order chi connectivity index (χ1) is 12.8. The number of carbonyl (C=O) groups is 2. The maximum atomic E-state index is 14.3. The van der Waals surface area contributed by atoms with Crippen LogP contribution in [0.15, 0.2) is 36.4 Å². The van der Waals surface area contributed by atoms with Crippen LogP contribution in [0, 0.1) is 5.82 Å². The van der Waals surface area contributed by atoms with E-state index in [4.69, 9.17) is 16.3 Å². The monoisotopic (exact) mass is 406 g/mol. The zero-order chi connectivity index (χ0) is 19.3. The van der Waals surface area contributed by atoms with E-state index in [-0.39, 0.29) is 15.7 Å². The van der Waals surface area contributed by atoms with Gasteiger partial charge in [0, 0.05) is 0 Å². The molecule has 1 aliphatic rings. The highest BCUT2D eigenvalue weighted by Crippen LogP contribution is 2.45. The molecule has 2 aromatic carbocycles. The van der Waals surface area contributed by atoms with Crippen molar-refractivity contribution in [3.8, 4) is 5.75 Å². The molecular weight excluding hydrogens is 395 g/mol. The third-order valence-corrected chi connectivity index (χ3v) is 5.52. The Morgan fingerprint density at radius 2 is 2.11 bits per heavy atom. The van der Waals surface area contributed by atoms with E-state index in [0.717, 1.165) is 11.3 Å². The minimum absolute atomic E-state index is 0.0548. The number of hydrogen-bond acceptors (Lipinski definition) is 5. The lowest BCUT2D eigenvalue weighted by Gasteiger charge is -2.38. The summed E-state index contributed by atoms with van der Waals surface area (Å²) in [5.74, 6) is -2.08. The summed E-state index contributed by atoms with van der Waals surface area (Å²) in [6.45, 7) is 1.41. The fourth-order valence-electron chi connectivity index (χ4n) is 2.97. The zero-order valence-corrected chi connectivity index (χ0v) is 15.5. The van der Waals surface area contributed by atoms with E-state index in [0.29, 0.717) is 16.1 Å². The van der Waals surface area contributed by atoms with Crippen molar-refractivity contribution in [3.63, 3.8) is 0 Å². The molecule has 0 aliphatic carbocycles. The lowest BCUT2D eigenvalue weighted by molar-refractivity contribution is -0.148. The molecule has 0 saturated carbocycles. The van der Waals surface area contributed by atoms with Gasteiger partial charge in [0.15, 0.2) is 16.5 Å². The van der Waals surface area contributed by atoms with Crippen LogP contribution in [-0.4, -0.2) is 27.6 Å². The number of para-hydroxylation sites is 2. The topological polar surface area (TPSA) is 79.7 Å². The molecule has 4 rings (SSSR count). The number of halogens is 2. The number of hydrogen-bond donors (Lipinski definition) is 1. The molecule has 6 nitrogen and oxygen atoms in total. The van der Waals surface area contributed by atoms with Crippen molar-refractivity contribution in [3.05, 3.63) is 47.2 Å². The maximum absolute atomic E-state index is 14.3. The zero-order valence-electron chi connectivity index (χ0n) is 13.9. The second-order valence-corrected chi connectivity index (χ2v) is 7.63. The van der Waals surface area contributed by atoms with Crippen LogP contribution < -0.4 is 9.64 Å². The largest absolute Gasteiger partial charge is 0.481 e. The highest BCUT2D eigenvalue weighted by atomic mass is 35.5. The molecule has 3 aromatic rings. The highest BCUT2D eigenvalue weighted by Gasteiger charge is 2.47. The first kappa shape index (κ1) is 17.7. The first-order valence-electron chi connectivity index (χ1n) is 7.89. The number of carboxylic acid groups (broad SMARTS) is 1. The third kappa shape index (κ3) is 2.81. The second kappa shape index (κ2) is 6.17. The number of thiazole rings is 1. The number of carboxylic acids is 1. The summed E-state index contributed by atoms with van der Waals surface area (Å²) >= 11 is 6.92. The average molecular weight is 407 g/mol. The molecule has 9 heteroatoms. The number of nitrogens with zero attached hydrogens (tertiary/aromatic N) is 2. The number of benzene rings is 2. The van der Waals surface area contributed by atoms with Gasteiger partial charge < -0.3 is 9.84 Å². The number of fused-ring (bicyclic) bond motifs is 2. The van der Waals surface area contributed by atoms with Gasteiger partial charge in [-0.2, -0.15) is 0 Å². The van der Waals surface area contributed by atoms with Crippen LogP contribution in [0.3, 0.4) is 0 Å². The van der Waals surface area contributed by atoms with Gasteiger partial charge in [0.1, 0.15) is 11.3 Å². The molecule has 0 saturated heterocycles. The summed E-state index contributed by atoms with van der Waals surface area (Å²) in [6.07, 6.45) is -0.526. The lowest BCUT2D eigenvalue weighted by atomic mass is 9.97. The molecule has 0 fully saturated rings. The summed E-state index contributed by atoms with van der Waals surface area (Å²) in [4.78, 5) is 30.0. The molecule has 1 unspecified atom stereocenters. The lowest BCUT2D eigenvalue weighted by Crippen LogP contribution is -2.53. The summed E-state index contributed by atoms with van der Waals surface area (Å²) < 4.78 is 20.5. The quantitative estimate of drug-likeness (QED) is 0.698. The molecule has 138 valence electrons. The van der Waals surface area contributed by atoms with Crippen LogP contribution in [0.1, 0.15) is 13.3 Å². The van der Waals surface area contributed by atoms with Gasteiger partial charge in [0.05, 0.1) is 21.8 Å². The van der Waals surface area contributed by atoms with Crippen molar-refractivity contribution >= 4 is 55.8 Å². The van der Waals surface area contributed by atoms with Crippen molar-refractivity contribution in [1.29, 1.82) is 0 Å². The number of carbonyl (C=O) groups excluding carboxylic acids is 1. The molecule has 1 N–H and O–H groups in total. The Bertz CT molecular complexity index is 1100. The number of ether oxygens (including phenoxy) is 1. The molecular formula is C18H12ClFN2O4S. The Morgan fingerprint density at radius 1 is 1.37 bits per heavy atom. The predicted molar refractivity (Wildman–Crippen MR) is 99.5 cm³/mol. The smallest absolute Gasteiger partial charge is 0.307 e. The fourth-order valence-corrected chi connectivity index (χ4v) is 4.10. The van der Waals surface area contributed by atoms with Crippen LogP contribution in [0.2, 0.25) is 5.02 Å². The molecule has 1 amide bonds. The third-order valence-electron chi connectivity index (χ3n) is 4.22. The van der Waals surface area contributed by atoms with Crippen molar-refractivity contribution in [2.24, 2.45) is 0 Å². The molecule has 0 radical (unpaired) electrons. The van der Waals surface area contributed by atoms with E-state index >= 15 is 0 Å². The van der Waals surface area contributed by atoms with Gasteiger partial charge >= 0.3 is 5.97 Å². The van der Waals surface area contributed by atoms with E-state index in [1.54, 1.807) is 30.3 Å². The maximum Gasteiger partial charge on any atom is 0.307 e. The van der Waals surface area contributed by atoms with Gasteiger partial charge in [0.2, 0.25) is 0 Å². The van der Waals surface area contributed by atoms with Gasteiger partial charge in [-0.15, -0.1) is 0 Å². The van der Waals surface area contributed by atoms with Gasteiger partial charge in [-0.1, -0.05) is 35.1 Å². The minimum atomic E-state index is -1.62. The van der Waals surface area contributed by atoms with Crippen LogP contribution in [0.25, 0.3) is 10.2 Å². The Balaban J connectivity index is 1.91. The highest BCUT2D eigenvalue weighted by molar-refractivity contribution is 7.22. The molecule has 0 spiro atoms. The Morgan fingerprint density at radius 3 is 2.85 bits per heavy atom. The summed E-state index contributed by atoms with van der Waals surface area (Å²) in [5, 5.41) is 9.35. The van der Waals surface area contributed by atoms with E-state index in [1.807, 2.05) is 0 Å². The predicted octanol–water partition coefficient (Wildman–Crippen LogP) is 4.38. The van der Waals surface area contributed by atoms with Crippen LogP contribution in [-0.2, 0) is 9.59 Å². The number of rotatable bonds is 3. The van der Waals surface area contributed by atoms with E-state index in [1.165, 1.54) is 17.9 Å². The summed E-state index contributed by atoms with van der Waals surface area (Å²) in [6, 6.07) is 9.77. The first-order valence-corrected chi connectivity index (χ1v) is 9.08. The van der Waals surface area contributed by atoms with Crippen molar-refractivity contribution in [2.45, 2.75) is 18.9 Å². The minimum Gasteiger partial charge on any atom is -0.481 e. The standard InChI is InChI=1S/C18H12ClFN2O4S/c1-18(8-13(23)24)16(25)22(10-4-2-3-5-11(10)26-18)17-21-15-12(27-17)7-6-9(19)14(15)20/h2-7H,8H2,1H3,(H,23,24). The Kier molecular flexibility index (Phi) is 4.05. The van der Waals surface area contributed by atoms with Crippen LogP contribution in [0.5, 0.6) is 5.75 Å². The number of amides is 1. The van der Waals surface area contributed by atoms with Crippen LogP contribution in [0.4, 0.5) is 15.2 Å². The van der Waals surface area contributed by atoms with E-state index in [9.17, 15) is 19.1 Å². The van der Waals surface area contributed by atoms with E-state index < -0.39 is 29.7 Å². The second-order valence-electron chi connectivity index (χ2n) is 6.22. The van der Waals surface area contributed by atoms with Crippen molar-refractivity contribution in [1.82, 2.24) is 4.98 Å². The molecule has 1 aliphatic heterocycles. The van der Waals surface area contributed by atoms with Crippen molar-refractivity contribution < 1.29 is 23.8 Å². The number of aromatic nitrogens is 1. The fraction of sp³-hybridized carbons (Fsp3) is 0.167.